The second-order valence-electron chi connectivity index (χ2n) is 4.36. The van der Waals surface area contributed by atoms with Gasteiger partial charge in [0.05, 0.1) is 6.10 Å². The van der Waals surface area contributed by atoms with Crippen molar-refractivity contribution in [3.63, 3.8) is 0 Å². The first-order valence-electron chi connectivity index (χ1n) is 4.36. The van der Waals surface area contributed by atoms with Crippen molar-refractivity contribution in [1.82, 2.24) is 5.32 Å². The Bertz CT molecular complexity index is 165. The Morgan fingerprint density at radius 3 is 2.46 bits per heavy atom. The van der Waals surface area contributed by atoms with Crippen LogP contribution in [0, 0.1) is 5.41 Å². The van der Waals surface area contributed by atoms with E-state index in [9.17, 15) is 9.90 Å². The normalized spacial score (nSPS) is 13.9. The topological polar surface area (TPSA) is 49.3 Å². The molecular formula is C9H18ClNO2. The van der Waals surface area contributed by atoms with Gasteiger partial charge in [0.2, 0.25) is 5.91 Å². The highest BCUT2D eigenvalue weighted by Crippen LogP contribution is 2.20. The zero-order chi connectivity index (χ0) is 10.5. The van der Waals surface area contributed by atoms with E-state index in [1.165, 1.54) is 0 Å². The molecule has 0 heterocycles. The Kier molecular flexibility index (Phi) is 5.33. The molecule has 3 nitrogen and oxygen atoms in total. The van der Waals surface area contributed by atoms with Gasteiger partial charge in [-0.15, -0.1) is 11.6 Å². The third-order valence-corrected chi connectivity index (χ3v) is 1.75. The minimum Gasteiger partial charge on any atom is -0.391 e. The van der Waals surface area contributed by atoms with Gasteiger partial charge in [0.1, 0.15) is 5.88 Å². The average Bonchev–Trinajstić information content (AvgIpc) is 1.97. The van der Waals surface area contributed by atoms with E-state index in [1.54, 1.807) is 0 Å². The van der Waals surface area contributed by atoms with Crippen molar-refractivity contribution in [2.75, 3.05) is 12.4 Å². The second kappa shape index (κ2) is 5.45. The Balaban J connectivity index is 3.63. The number of aliphatic hydroxyl groups is 1. The molecule has 0 aromatic rings. The first-order chi connectivity index (χ1) is 5.85. The van der Waals surface area contributed by atoms with Crippen molar-refractivity contribution in [3.05, 3.63) is 0 Å². The number of amides is 1. The van der Waals surface area contributed by atoms with Crippen LogP contribution in [0.5, 0.6) is 0 Å². The molecule has 0 aromatic carbocycles. The standard InChI is InChI=1S/C9H18ClNO2/c1-9(2,3)4-7(12)6-11-8(13)5-10/h7,12H,4-6H2,1-3H3,(H,11,13). The van der Waals surface area contributed by atoms with Crippen LogP contribution in [0.15, 0.2) is 0 Å². The number of hydrogen-bond acceptors (Lipinski definition) is 2. The van der Waals surface area contributed by atoms with Crippen molar-refractivity contribution < 1.29 is 9.90 Å². The largest absolute Gasteiger partial charge is 0.391 e. The summed E-state index contributed by atoms with van der Waals surface area (Å²) in [6, 6.07) is 0. The van der Waals surface area contributed by atoms with Crippen molar-refractivity contribution in [2.24, 2.45) is 5.41 Å². The van der Waals surface area contributed by atoms with Crippen LogP contribution < -0.4 is 5.32 Å². The fourth-order valence-corrected chi connectivity index (χ4v) is 1.15. The molecule has 1 atom stereocenters. The van der Waals surface area contributed by atoms with Crippen LogP contribution in [0.2, 0.25) is 0 Å². The maximum atomic E-state index is 10.7. The van der Waals surface area contributed by atoms with Crippen molar-refractivity contribution in [2.45, 2.75) is 33.3 Å². The van der Waals surface area contributed by atoms with Gasteiger partial charge in [-0.2, -0.15) is 0 Å². The summed E-state index contributed by atoms with van der Waals surface area (Å²) in [5.41, 5.74) is 0.0745. The van der Waals surface area contributed by atoms with Crippen LogP contribution >= 0.6 is 11.6 Å². The molecule has 13 heavy (non-hydrogen) atoms. The summed E-state index contributed by atoms with van der Waals surface area (Å²) in [7, 11) is 0. The van der Waals surface area contributed by atoms with Gasteiger partial charge < -0.3 is 10.4 Å². The van der Waals surface area contributed by atoms with E-state index < -0.39 is 6.10 Å². The van der Waals surface area contributed by atoms with Crippen LogP contribution in [-0.2, 0) is 4.79 Å². The van der Waals surface area contributed by atoms with Gasteiger partial charge in [0.15, 0.2) is 0 Å². The zero-order valence-electron chi connectivity index (χ0n) is 8.43. The summed E-state index contributed by atoms with van der Waals surface area (Å²) in [5, 5.41) is 12.0. The molecule has 0 aromatic heterocycles. The SMILES string of the molecule is CC(C)(C)CC(O)CNC(=O)CCl. The molecule has 0 saturated heterocycles. The highest BCUT2D eigenvalue weighted by Gasteiger charge is 2.16. The number of hydrogen-bond donors (Lipinski definition) is 2. The predicted molar refractivity (Wildman–Crippen MR) is 53.8 cm³/mol. The van der Waals surface area contributed by atoms with Gasteiger partial charge in [0, 0.05) is 6.54 Å². The zero-order valence-corrected chi connectivity index (χ0v) is 9.19. The number of nitrogens with one attached hydrogen (secondary N) is 1. The van der Waals surface area contributed by atoms with Crippen LogP contribution in [-0.4, -0.2) is 29.5 Å². The fourth-order valence-electron chi connectivity index (χ4n) is 1.06. The molecule has 0 rings (SSSR count). The van der Waals surface area contributed by atoms with Gasteiger partial charge in [-0.1, -0.05) is 20.8 Å². The molecule has 78 valence electrons. The Labute approximate surface area is 84.5 Å². The number of carbonyl (C=O) groups excluding carboxylic acids is 1. The molecule has 0 aliphatic carbocycles. The third kappa shape index (κ3) is 8.06. The van der Waals surface area contributed by atoms with E-state index >= 15 is 0 Å². The van der Waals surface area contributed by atoms with Crippen LogP contribution in [0.25, 0.3) is 0 Å². The molecule has 0 aliphatic rings. The fraction of sp³-hybridized carbons (Fsp3) is 0.889. The maximum absolute atomic E-state index is 10.7. The van der Waals surface area contributed by atoms with E-state index in [2.05, 4.69) is 5.32 Å². The number of carbonyl (C=O) groups is 1. The summed E-state index contributed by atoms with van der Waals surface area (Å²) >= 11 is 5.27. The molecule has 4 heteroatoms. The third-order valence-electron chi connectivity index (χ3n) is 1.50. The molecule has 0 fully saturated rings. The molecule has 1 amide bonds. The lowest BCUT2D eigenvalue weighted by Crippen LogP contribution is -2.34. The predicted octanol–water partition coefficient (Wildman–Crippen LogP) is 1.14. The molecule has 2 N–H and O–H groups in total. The van der Waals surface area contributed by atoms with Crippen LogP contribution in [0.4, 0.5) is 0 Å². The van der Waals surface area contributed by atoms with Gasteiger partial charge >= 0.3 is 0 Å². The number of aliphatic hydroxyl groups excluding tert-OH is 1. The smallest absolute Gasteiger partial charge is 0.235 e. The van der Waals surface area contributed by atoms with Crippen molar-refractivity contribution >= 4 is 17.5 Å². The van der Waals surface area contributed by atoms with Gasteiger partial charge in [-0.25, -0.2) is 0 Å². The molecule has 0 bridgehead atoms. The second-order valence-corrected chi connectivity index (χ2v) is 4.62. The summed E-state index contributed by atoms with van der Waals surface area (Å²) in [5.74, 6) is -0.294. The molecule has 0 spiro atoms. The van der Waals surface area contributed by atoms with Crippen molar-refractivity contribution in [3.8, 4) is 0 Å². The summed E-state index contributed by atoms with van der Waals surface area (Å²) in [6.07, 6.45) is 0.169. The van der Waals surface area contributed by atoms with Crippen LogP contribution in [0.3, 0.4) is 0 Å². The monoisotopic (exact) mass is 207 g/mol. The van der Waals surface area contributed by atoms with Gasteiger partial charge in [-0.3, -0.25) is 4.79 Å². The van der Waals surface area contributed by atoms with E-state index in [0.29, 0.717) is 6.42 Å². The first kappa shape index (κ1) is 12.7. The summed E-state index contributed by atoms with van der Waals surface area (Å²) < 4.78 is 0. The van der Waals surface area contributed by atoms with E-state index in [-0.39, 0.29) is 23.7 Å². The lowest BCUT2D eigenvalue weighted by Gasteiger charge is -2.22. The van der Waals surface area contributed by atoms with Crippen molar-refractivity contribution in [1.29, 1.82) is 0 Å². The minimum atomic E-state index is -0.493. The molecule has 0 saturated carbocycles. The Morgan fingerprint density at radius 1 is 1.54 bits per heavy atom. The Morgan fingerprint density at radius 2 is 2.08 bits per heavy atom. The summed E-state index contributed by atoms with van der Waals surface area (Å²) in [6.45, 7) is 6.40. The number of rotatable bonds is 4. The highest BCUT2D eigenvalue weighted by atomic mass is 35.5. The molecule has 1 unspecified atom stereocenters. The number of alkyl halides is 1. The first-order valence-corrected chi connectivity index (χ1v) is 4.89. The van der Waals surface area contributed by atoms with E-state index in [0.717, 1.165) is 0 Å². The van der Waals surface area contributed by atoms with Gasteiger partial charge in [-0.05, 0) is 11.8 Å². The average molecular weight is 208 g/mol. The molecule has 0 aliphatic heterocycles. The minimum absolute atomic E-state index is 0.0533. The van der Waals surface area contributed by atoms with Gasteiger partial charge in [0.25, 0.3) is 0 Å². The molecule has 0 radical (unpaired) electrons. The molecular weight excluding hydrogens is 190 g/mol. The number of halogens is 1. The van der Waals surface area contributed by atoms with E-state index in [4.69, 9.17) is 11.6 Å². The quantitative estimate of drug-likeness (QED) is 0.680. The lowest BCUT2D eigenvalue weighted by molar-refractivity contribution is -0.119. The van der Waals surface area contributed by atoms with E-state index in [1.807, 2.05) is 20.8 Å². The highest BCUT2D eigenvalue weighted by molar-refractivity contribution is 6.27. The van der Waals surface area contributed by atoms with Crippen LogP contribution in [0.1, 0.15) is 27.2 Å². The maximum Gasteiger partial charge on any atom is 0.235 e. The summed E-state index contributed by atoms with van der Waals surface area (Å²) in [4.78, 5) is 10.7. The lowest BCUT2D eigenvalue weighted by atomic mass is 9.89. The Hall–Kier alpha value is -0.280.